The van der Waals surface area contributed by atoms with Gasteiger partial charge in [0.1, 0.15) is 0 Å². The Labute approximate surface area is 88.5 Å². The molecule has 0 N–H and O–H groups in total. The summed E-state index contributed by atoms with van der Waals surface area (Å²) in [5.74, 6) is 0.995. The molecule has 0 fully saturated rings. The number of hydrogen-bond acceptors (Lipinski definition) is 1. The van der Waals surface area contributed by atoms with Crippen LogP contribution in [0.3, 0.4) is 0 Å². The van der Waals surface area contributed by atoms with Crippen LogP contribution in [0.15, 0.2) is 18.2 Å². The number of hydrogen-bond donors (Lipinski definition) is 0. The molecule has 51 valence electrons. The zero-order valence-corrected chi connectivity index (χ0v) is 9.35. The van der Waals surface area contributed by atoms with E-state index in [2.05, 4.69) is 26.0 Å². The predicted octanol–water partition coefficient (Wildman–Crippen LogP) is 2.15. The van der Waals surface area contributed by atoms with Crippen LogP contribution in [0.25, 0.3) is 0 Å². The van der Waals surface area contributed by atoms with E-state index in [0.717, 1.165) is 45.1 Å². The third-order valence-corrected chi connectivity index (χ3v) is 2.35. The first-order valence-corrected chi connectivity index (χ1v) is 4.46. The molecule has 10 heavy (non-hydrogen) atoms. The van der Waals surface area contributed by atoms with Crippen LogP contribution >= 0.6 is 0 Å². The van der Waals surface area contributed by atoms with E-state index in [4.69, 9.17) is 1.06 Å². The van der Waals surface area contributed by atoms with Crippen LogP contribution < -0.4 is 1.06 Å². The molecule has 2 heteroatoms. The number of rotatable bonds is 1. The van der Waals surface area contributed by atoms with Crippen LogP contribution in [0.1, 0.15) is 11.1 Å². The van der Waals surface area contributed by atoms with Crippen molar-refractivity contribution in [3.63, 3.8) is 0 Å². The van der Waals surface area contributed by atoms with Crippen molar-refractivity contribution in [2.75, 3.05) is 0 Å². The maximum absolute atomic E-state index is 5.19. The summed E-state index contributed by atoms with van der Waals surface area (Å²) in [4.78, 5) is 0. The Morgan fingerprint density at radius 2 is 1.90 bits per heavy atom. The molecule has 0 unspecified atom stereocenters. The van der Waals surface area contributed by atoms with E-state index in [9.17, 15) is 0 Å². The average molecular weight is 265 g/mol. The molecule has 0 aromatic heterocycles. The van der Waals surface area contributed by atoms with Crippen molar-refractivity contribution >= 4 is 0 Å². The molecule has 1 aromatic rings. The van der Waals surface area contributed by atoms with Gasteiger partial charge >= 0.3 is 89.4 Å². The van der Waals surface area contributed by atoms with Gasteiger partial charge in [-0.3, -0.25) is 0 Å². The summed E-state index contributed by atoms with van der Waals surface area (Å²) in [6.45, 7) is 4.20. The van der Waals surface area contributed by atoms with Gasteiger partial charge in [-0.15, -0.1) is 0 Å². The summed E-state index contributed by atoms with van der Waals surface area (Å²) < 4.78 is 5.19. The third-order valence-electron chi connectivity index (χ3n) is 1.60. The van der Waals surface area contributed by atoms with E-state index in [1.165, 1.54) is 11.1 Å². The summed E-state index contributed by atoms with van der Waals surface area (Å²) in [7, 11) is 0. The van der Waals surface area contributed by atoms with Crippen molar-refractivity contribution < 1.29 is 40.4 Å². The summed E-state index contributed by atoms with van der Waals surface area (Å²) in [6, 6.07) is 6.17. The van der Waals surface area contributed by atoms with Gasteiger partial charge in [0.05, 0.1) is 0 Å². The zero-order valence-electron chi connectivity index (χ0n) is 6.14. The summed E-state index contributed by atoms with van der Waals surface area (Å²) in [5, 5.41) is 0. The Bertz CT molecular complexity index is 233. The van der Waals surface area contributed by atoms with Gasteiger partial charge in [-0.05, 0) is 0 Å². The van der Waals surface area contributed by atoms with Crippen LogP contribution in [0.5, 0.6) is 5.75 Å². The fourth-order valence-electron chi connectivity index (χ4n) is 0.777. The molecule has 0 atom stereocenters. The van der Waals surface area contributed by atoms with Crippen LogP contribution in [0, 0.1) is 53.2 Å². The Hall–Kier alpha value is 0.371. The SMILES string of the molecule is Cc1ccc([O][Nd])cc1C. The van der Waals surface area contributed by atoms with E-state index in [1.807, 2.05) is 6.07 Å². The van der Waals surface area contributed by atoms with Crippen LogP contribution in [-0.2, 0) is 0 Å². The number of benzene rings is 1. The van der Waals surface area contributed by atoms with Gasteiger partial charge in [-0.1, -0.05) is 0 Å². The molecule has 0 heterocycles. The van der Waals surface area contributed by atoms with Gasteiger partial charge in [-0.25, -0.2) is 0 Å². The van der Waals surface area contributed by atoms with E-state index >= 15 is 0 Å². The summed E-state index contributed by atoms with van der Waals surface area (Å²) in [5.41, 5.74) is 2.62. The van der Waals surface area contributed by atoms with Crippen LogP contribution in [0.2, 0.25) is 0 Å². The normalized spacial score (nSPS) is 9.30. The molecule has 0 aliphatic carbocycles. The molecule has 0 bridgehead atoms. The maximum atomic E-state index is 5.19. The molecule has 1 aromatic carbocycles. The summed E-state index contributed by atoms with van der Waals surface area (Å²) >= 11 is 0.772. The summed E-state index contributed by atoms with van der Waals surface area (Å²) in [6.07, 6.45) is 0. The zero-order chi connectivity index (χ0) is 7.56. The Morgan fingerprint density at radius 1 is 1.20 bits per heavy atom. The first-order chi connectivity index (χ1) is 4.74. The fourth-order valence-corrected chi connectivity index (χ4v) is 1.18. The van der Waals surface area contributed by atoms with E-state index in [-0.39, 0.29) is 0 Å². The van der Waals surface area contributed by atoms with Crippen molar-refractivity contribution in [1.82, 2.24) is 0 Å². The average Bonchev–Trinajstić information content (AvgIpc) is 1.95. The molecule has 1 nitrogen and oxygen atoms in total. The number of aryl methyl sites for hydroxylation is 2. The van der Waals surface area contributed by atoms with Gasteiger partial charge in [0, 0.05) is 0 Å². The van der Waals surface area contributed by atoms with E-state index in [1.54, 1.807) is 0 Å². The van der Waals surface area contributed by atoms with Crippen molar-refractivity contribution in [3.05, 3.63) is 29.3 Å². The van der Waals surface area contributed by atoms with Crippen LogP contribution in [-0.4, -0.2) is 0 Å². The van der Waals surface area contributed by atoms with Gasteiger partial charge in [0.15, 0.2) is 0 Å². The Balaban J connectivity index is 3.04. The molecule has 0 aliphatic heterocycles. The topological polar surface area (TPSA) is 9.23 Å². The molecular formula is C8H9NdO. The Kier molecular flexibility index (Phi) is 3.11. The molecule has 0 saturated heterocycles. The standard InChI is InChI=1S/C8H10O.Nd/c1-6-3-4-8(9)5-7(6)2;/h3-5,9H,1-2H3;/q;+1/p-1. The quantitative estimate of drug-likeness (QED) is 0.756. The molecule has 0 radical (unpaired) electrons. The van der Waals surface area contributed by atoms with Gasteiger partial charge in [0.2, 0.25) is 0 Å². The van der Waals surface area contributed by atoms with E-state index < -0.39 is 0 Å². The second-order valence-electron chi connectivity index (χ2n) is 2.35. The van der Waals surface area contributed by atoms with E-state index in [0.29, 0.717) is 0 Å². The molecular weight excluding hydrogens is 256 g/mol. The first kappa shape index (κ1) is 8.47. The minimum absolute atomic E-state index is 0.772. The Morgan fingerprint density at radius 3 is 2.40 bits per heavy atom. The first-order valence-electron chi connectivity index (χ1n) is 3.15. The van der Waals surface area contributed by atoms with Crippen molar-refractivity contribution in [2.45, 2.75) is 13.8 Å². The molecule has 0 spiro atoms. The predicted molar refractivity (Wildman–Crippen MR) is 36.5 cm³/mol. The monoisotopic (exact) mass is 263 g/mol. The van der Waals surface area contributed by atoms with Crippen molar-refractivity contribution in [2.24, 2.45) is 0 Å². The van der Waals surface area contributed by atoms with Crippen molar-refractivity contribution in [1.29, 1.82) is 0 Å². The minimum atomic E-state index is 0.772. The molecule has 1 rings (SSSR count). The molecule has 0 amide bonds. The second kappa shape index (κ2) is 3.67. The molecule has 0 saturated carbocycles. The third kappa shape index (κ3) is 1.92. The van der Waals surface area contributed by atoms with Gasteiger partial charge in [0.25, 0.3) is 0 Å². The van der Waals surface area contributed by atoms with Gasteiger partial charge < -0.3 is 0 Å². The van der Waals surface area contributed by atoms with Gasteiger partial charge in [-0.2, -0.15) is 0 Å². The molecule has 0 aliphatic rings. The fraction of sp³-hybridized carbons (Fsp3) is 0.250. The van der Waals surface area contributed by atoms with Crippen LogP contribution in [0.4, 0.5) is 0 Å². The second-order valence-corrected chi connectivity index (χ2v) is 3.00. The van der Waals surface area contributed by atoms with Crippen molar-refractivity contribution in [3.8, 4) is 5.75 Å².